The predicted molar refractivity (Wildman–Crippen MR) is 123 cm³/mol. The molecule has 0 saturated heterocycles. The summed E-state index contributed by atoms with van der Waals surface area (Å²) < 4.78 is 17.6. The average molecular weight is 463 g/mol. The summed E-state index contributed by atoms with van der Waals surface area (Å²) in [6, 6.07) is 13.8. The van der Waals surface area contributed by atoms with E-state index in [4.69, 9.17) is 25.5 Å². The number of aromatic nitrogens is 2. The fraction of sp³-hybridized carbons (Fsp3) is 0.200. The average Bonchev–Trinajstić information content (AvgIpc) is 2.81. The lowest BCUT2D eigenvalue weighted by atomic mass is 9.88. The summed E-state index contributed by atoms with van der Waals surface area (Å²) in [5, 5.41) is 1.23. The molecule has 0 saturated carbocycles. The maximum atomic E-state index is 12.9. The first-order chi connectivity index (χ1) is 16.0. The molecule has 3 heterocycles. The quantitative estimate of drug-likeness (QED) is 0.287. The maximum absolute atomic E-state index is 12.9. The van der Waals surface area contributed by atoms with Crippen molar-refractivity contribution in [3.05, 3.63) is 86.5 Å². The van der Waals surface area contributed by atoms with E-state index >= 15 is 0 Å². The van der Waals surface area contributed by atoms with E-state index < -0.39 is 11.5 Å². The molecule has 0 amide bonds. The van der Waals surface area contributed by atoms with Crippen LogP contribution in [0.4, 0.5) is 0 Å². The number of nitrogens with zero attached hydrogens (tertiary/aromatic N) is 2. The van der Waals surface area contributed by atoms with Crippen molar-refractivity contribution < 1.29 is 18.7 Å². The number of Topliss-reactive ketones (excluding diaryl/α,β-unsaturated/α-hetero) is 1. The van der Waals surface area contributed by atoms with Gasteiger partial charge in [-0.25, -0.2) is 4.79 Å². The van der Waals surface area contributed by atoms with Gasteiger partial charge in [0.15, 0.2) is 18.1 Å². The van der Waals surface area contributed by atoms with Crippen LogP contribution in [0.2, 0.25) is 5.02 Å². The number of hydrogen-bond acceptors (Lipinski definition) is 7. The molecular weight excluding hydrogens is 444 g/mol. The third-order valence-electron chi connectivity index (χ3n) is 5.60. The number of benzene rings is 2. The van der Waals surface area contributed by atoms with Crippen LogP contribution in [0.1, 0.15) is 46.6 Å². The zero-order valence-corrected chi connectivity index (χ0v) is 18.7. The van der Waals surface area contributed by atoms with Crippen LogP contribution in [0.5, 0.6) is 17.5 Å². The standard InChI is InChI=1S/C25H19ClN2O5/c1-3-16-20-22(17-6-4-5-7-19(17)32-25(20)30)33-24-21(16)23(27-13(2)28-24)31-12-18(29)14-8-10-15(26)11-9-14/h4-11,16H,3,12H2,1-2H3/t16-/m1/s1. The van der Waals surface area contributed by atoms with Crippen molar-refractivity contribution in [2.75, 3.05) is 6.61 Å². The summed E-state index contributed by atoms with van der Waals surface area (Å²) in [7, 11) is 0. The molecule has 5 rings (SSSR count). The molecule has 0 spiro atoms. The molecule has 4 aromatic rings. The Hall–Kier alpha value is -3.71. The molecule has 7 nitrogen and oxygen atoms in total. The Kier molecular flexibility index (Phi) is 5.34. The highest BCUT2D eigenvalue weighted by Crippen LogP contribution is 2.48. The molecule has 33 heavy (non-hydrogen) atoms. The minimum Gasteiger partial charge on any atom is -0.469 e. The van der Waals surface area contributed by atoms with Crippen LogP contribution in [-0.4, -0.2) is 22.4 Å². The van der Waals surface area contributed by atoms with Gasteiger partial charge in [-0.05, 0) is 49.7 Å². The second kappa shape index (κ2) is 8.33. The molecule has 1 aliphatic rings. The van der Waals surface area contributed by atoms with Gasteiger partial charge in [-0.1, -0.05) is 30.7 Å². The highest BCUT2D eigenvalue weighted by Gasteiger charge is 2.36. The highest BCUT2D eigenvalue weighted by molar-refractivity contribution is 6.30. The summed E-state index contributed by atoms with van der Waals surface area (Å²) in [6.45, 7) is 3.42. The number of fused-ring (bicyclic) bond motifs is 4. The Bertz CT molecular complexity index is 1450. The maximum Gasteiger partial charge on any atom is 0.343 e. The number of rotatable bonds is 5. The van der Waals surface area contributed by atoms with Crippen molar-refractivity contribution >= 4 is 28.4 Å². The molecule has 8 heteroatoms. The largest absolute Gasteiger partial charge is 0.469 e. The fourth-order valence-electron chi connectivity index (χ4n) is 4.07. The van der Waals surface area contributed by atoms with Crippen LogP contribution >= 0.6 is 11.6 Å². The fourth-order valence-corrected chi connectivity index (χ4v) is 4.19. The summed E-state index contributed by atoms with van der Waals surface area (Å²) in [5.41, 5.74) is 1.35. The van der Waals surface area contributed by atoms with E-state index in [9.17, 15) is 9.59 Å². The number of ether oxygens (including phenoxy) is 2. The van der Waals surface area contributed by atoms with Crippen molar-refractivity contribution in [3.63, 3.8) is 0 Å². The Balaban J connectivity index is 1.56. The normalized spacial score (nSPS) is 14.3. The van der Waals surface area contributed by atoms with Crippen LogP contribution in [0, 0.1) is 6.92 Å². The van der Waals surface area contributed by atoms with Crippen LogP contribution in [-0.2, 0) is 0 Å². The Labute approximate surface area is 194 Å². The third-order valence-corrected chi connectivity index (χ3v) is 5.85. The monoisotopic (exact) mass is 462 g/mol. The molecule has 1 atom stereocenters. The number of carbonyl (C=O) groups excluding carboxylic acids is 1. The Morgan fingerprint density at radius 2 is 1.85 bits per heavy atom. The van der Waals surface area contributed by atoms with Gasteiger partial charge in [0.25, 0.3) is 0 Å². The van der Waals surface area contributed by atoms with E-state index in [1.54, 1.807) is 43.3 Å². The Morgan fingerprint density at radius 3 is 2.61 bits per heavy atom. The number of halogens is 1. The van der Waals surface area contributed by atoms with Gasteiger partial charge in [-0.15, -0.1) is 0 Å². The second-order valence-electron chi connectivity index (χ2n) is 7.70. The summed E-state index contributed by atoms with van der Waals surface area (Å²) in [5.74, 6) is 0.741. The van der Waals surface area contributed by atoms with Crippen molar-refractivity contribution in [2.24, 2.45) is 0 Å². The van der Waals surface area contributed by atoms with Crippen molar-refractivity contribution in [1.29, 1.82) is 0 Å². The summed E-state index contributed by atoms with van der Waals surface area (Å²) >= 11 is 5.90. The van der Waals surface area contributed by atoms with E-state index in [1.165, 1.54) is 0 Å². The van der Waals surface area contributed by atoms with E-state index in [2.05, 4.69) is 9.97 Å². The zero-order chi connectivity index (χ0) is 23.1. The molecule has 0 N–H and O–H groups in total. The topological polar surface area (TPSA) is 91.5 Å². The first-order valence-electron chi connectivity index (χ1n) is 10.5. The van der Waals surface area contributed by atoms with Gasteiger partial charge in [0, 0.05) is 16.5 Å². The third kappa shape index (κ3) is 3.74. The van der Waals surface area contributed by atoms with Crippen molar-refractivity contribution in [1.82, 2.24) is 9.97 Å². The van der Waals surface area contributed by atoms with Crippen LogP contribution in [0.3, 0.4) is 0 Å². The van der Waals surface area contributed by atoms with Crippen LogP contribution in [0.25, 0.3) is 11.0 Å². The van der Waals surface area contributed by atoms with Gasteiger partial charge in [0.05, 0.1) is 16.5 Å². The summed E-state index contributed by atoms with van der Waals surface area (Å²) in [4.78, 5) is 34.4. The minimum absolute atomic E-state index is 0.213. The van der Waals surface area contributed by atoms with E-state index in [0.717, 1.165) is 0 Å². The van der Waals surface area contributed by atoms with Gasteiger partial charge in [0.2, 0.25) is 11.8 Å². The van der Waals surface area contributed by atoms with Gasteiger partial charge in [-0.3, -0.25) is 4.79 Å². The molecule has 2 aromatic carbocycles. The number of para-hydroxylation sites is 1. The SMILES string of the molecule is CC[C@H]1c2c(OCC(=O)c3ccc(Cl)cc3)nc(C)nc2Oc2c1c(=O)oc1ccccc21. The zero-order valence-electron chi connectivity index (χ0n) is 17.9. The second-order valence-corrected chi connectivity index (χ2v) is 8.14. The number of ketones is 1. The van der Waals surface area contributed by atoms with Crippen molar-refractivity contribution in [3.8, 4) is 17.5 Å². The first-order valence-corrected chi connectivity index (χ1v) is 10.9. The predicted octanol–water partition coefficient (Wildman–Crippen LogP) is 5.45. The van der Waals surface area contributed by atoms with E-state index in [-0.39, 0.29) is 18.3 Å². The highest BCUT2D eigenvalue weighted by atomic mass is 35.5. The van der Waals surface area contributed by atoms with Gasteiger partial charge < -0.3 is 13.9 Å². The molecule has 0 aliphatic carbocycles. The molecule has 1 aliphatic heterocycles. The smallest absolute Gasteiger partial charge is 0.343 e. The number of carbonyl (C=O) groups is 1. The molecule has 0 radical (unpaired) electrons. The van der Waals surface area contributed by atoms with Gasteiger partial charge >= 0.3 is 5.63 Å². The first kappa shape index (κ1) is 21.2. The molecular formula is C25H19ClN2O5. The van der Waals surface area contributed by atoms with Gasteiger partial charge in [0.1, 0.15) is 11.4 Å². The molecule has 2 aromatic heterocycles. The van der Waals surface area contributed by atoms with Crippen LogP contribution < -0.4 is 15.1 Å². The lowest BCUT2D eigenvalue weighted by Gasteiger charge is -2.27. The minimum atomic E-state index is -0.482. The molecule has 0 bridgehead atoms. The molecule has 0 fully saturated rings. The van der Waals surface area contributed by atoms with E-state index in [0.29, 0.717) is 56.6 Å². The molecule has 166 valence electrons. The lowest BCUT2D eigenvalue weighted by molar-refractivity contribution is 0.0916. The summed E-state index contributed by atoms with van der Waals surface area (Å²) in [6.07, 6.45) is 0.556. The van der Waals surface area contributed by atoms with Crippen molar-refractivity contribution in [2.45, 2.75) is 26.2 Å². The lowest BCUT2D eigenvalue weighted by Crippen LogP contribution is -2.22. The van der Waals surface area contributed by atoms with Gasteiger partial charge in [-0.2, -0.15) is 9.97 Å². The number of aryl methyl sites for hydroxylation is 1. The van der Waals surface area contributed by atoms with E-state index in [1.807, 2.05) is 19.1 Å². The molecule has 0 unspecified atom stereocenters. The van der Waals surface area contributed by atoms with Crippen LogP contribution in [0.15, 0.2) is 57.7 Å². The number of hydrogen-bond donors (Lipinski definition) is 0. The Morgan fingerprint density at radius 1 is 1.09 bits per heavy atom.